The molecule has 260 valence electrons. The standard InChI is InChI=1S/C33H51N5O7SSi/c1-16(2)19-13-20(17(3)4)22(21(14-19)18(5)6)46(42,43)33(41)23-26(36-29(34)37-33)38(15-35-23)27-24(39)32(40,30(7,8)9)25(44-27)28(47)45-31(10,11)12/h13-18,24-25,27,39-41H,1-12H3,(H3,34,36,37)/t24-,25+,27+,32-,33?/m0/s1. The summed E-state index contributed by atoms with van der Waals surface area (Å²) in [4.78, 5) is 8.37. The Morgan fingerprint density at radius 1 is 1.04 bits per heavy atom. The number of aromatic nitrogens is 2. The molecule has 2 aromatic rings. The van der Waals surface area contributed by atoms with E-state index in [0.29, 0.717) is 11.1 Å². The number of nitrogens with two attached hydrogens (primary N) is 1. The first-order chi connectivity index (χ1) is 21.3. The molecular weight excluding hydrogens is 639 g/mol. The van der Waals surface area contributed by atoms with Crippen LogP contribution >= 0.6 is 0 Å². The van der Waals surface area contributed by atoms with Crippen LogP contribution in [0.15, 0.2) is 28.3 Å². The summed E-state index contributed by atoms with van der Waals surface area (Å²) in [6, 6.07) is 3.74. The molecule has 1 aromatic heterocycles. The van der Waals surface area contributed by atoms with Gasteiger partial charge < -0.3 is 35.8 Å². The summed E-state index contributed by atoms with van der Waals surface area (Å²) in [5.41, 5.74) is 4.41. The number of ether oxygens (including phenoxy) is 2. The number of rotatable bonds is 8. The quantitative estimate of drug-likeness (QED) is 0.256. The first-order valence-electron chi connectivity index (χ1n) is 16.0. The van der Waals surface area contributed by atoms with Crippen LogP contribution in [-0.2, 0) is 24.4 Å². The number of hydrogen-bond donors (Lipinski definition) is 5. The second-order valence-corrected chi connectivity index (χ2v) is 18.1. The number of sulfone groups is 1. The molecule has 4 rings (SSSR count). The Kier molecular flexibility index (Phi) is 9.54. The third-order valence-corrected chi connectivity index (χ3v) is 11.3. The number of nitrogens with one attached hydrogen (secondary N) is 1. The van der Waals surface area contributed by atoms with E-state index >= 15 is 0 Å². The van der Waals surface area contributed by atoms with E-state index < -0.39 is 49.9 Å². The van der Waals surface area contributed by atoms with Gasteiger partial charge in [0.1, 0.15) is 29.0 Å². The Hall–Kier alpha value is -2.62. The lowest BCUT2D eigenvalue weighted by molar-refractivity contribution is -0.136. The zero-order valence-corrected chi connectivity index (χ0v) is 31.3. The van der Waals surface area contributed by atoms with Crippen LogP contribution in [0, 0.1) is 5.41 Å². The van der Waals surface area contributed by atoms with E-state index in [-0.39, 0.29) is 45.5 Å². The second kappa shape index (κ2) is 12.1. The maximum absolute atomic E-state index is 14.8. The summed E-state index contributed by atoms with van der Waals surface area (Å²) in [7, 11) is -1.23. The second-order valence-electron chi connectivity index (χ2n) is 15.6. The Morgan fingerprint density at radius 3 is 2.02 bits per heavy atom. The molecule has 3 heterocycles. The Bertz CT molecular complexity index is 1660. The minimum Gasteiger partial charge on any atom is -0.495 e. The fraction of sp³-hybridized carbons (Fsp3) is 0.667. The number of aliphatic imine (C=N–C) groups is 1. The van der Waals surface area contributed by atoms with Crippen molar-refractivity contribution in [3.8, 4) is 0 Å². The van der Waals surface area contributed by atoms with Crippen molar-refractivity contribution < 1.29 is 33.2 Å². The normalized spacial score (nSPS) is 26.9. The van der Waals surface area contributed by atoms with E-state index in [0.717, 1.165) is 5.56 Å². The molecule has 0 aliphatic carbocycles. The first-order valence-corrected chi connectivity index (χ1v) is 18.0. The van der Waals surface area contributed by atoms with Crippen LogP contribution in [0.1, 0.15) is 129 Å². The molecule has 2 aliphatic heterocycles. The molecule has 0 bridgehead atoms. The number of aliphatic hydroxyl groups is 3. The van der Waals surface area contributed by atoms with Gasteiger partial charge in [-0.2, -0.15) is 4.99 Å². The number of nitrogens with zero attached hydrogens (tertiary/aromatic N) is 3. The Labute approximate surface area is 281 Å². The van der Waals surface area contributed by atoms with Gasteiger partial charge in [0.05, 0.1) is 26.7 Å². The van der Waals surface area contributed by atoms with Gasteiger partial charge in [-0.15, -0.1) is 0 Å². The molecule has 47 heavy (non-hydrogen) atoms. The van der Waals surface area contributed by atoms with E-state index in [1.54, 1.807) is 20.8 Å². The van der Waals surface area contributed by atoms with Crippen LogP contribution in [0.5, 0.6) is 0 Å². The summed E-state index contributed by atoms with van der Waals surface area (Å²) in [6.07, 6.45) is -2.84. The number of anilines is 1. The highest BCUT2D eigenvalue weighted by Gasteiger charge is 2.64. The van der Waals surface area contributed by atoms with E-state index in [9.17, 15) is 23.7 Å². The van der Waals surface area contributed by atoms with Crippen molar-refractivity contribution in [3.63, 3.8) is 0 Å². The third kappa shape index (κ3) is 6.10. The van der Waals surface area contributed by atoms with E-state index in [4.69, 9.17) is 15.2 Å². The lowest BCUT2D eigenvalue weighted by Gasteiger charge is -2.43. The van der Waals surface area contributed by atoms with Crippen LogP contribution in [0.2, 0.25) is 0 Å². The van der Waals surface area contributed by atoms with Gasteiger partial charge in [-0.25, -0.2) is 13.4 Å². The Morgan fingerprint density at radius 2 is 1.57 bits per heavy atom. The van der Waals surface area contributed by atoms with Gasteiger partial charge >= 0.3 is 5.06 Å². The van der Waals surface area contributed by atoms with Gasteiger partial charge in [0, 0.05) is 0 Å². The van der Waals surface area contributed by atoms with Gasteiger partial charge in [0.25, 0.3) is 0 Å². The van der Waals surface area contributed by atoms with Crippen molar-refractivity contribution in [3.05, 3.63) is 40.8 Å². The molecule has 1 fully saturated rings. The molecule has 6 N–H and O–H groups in total. The van der Waals surface area contributed by atoms with E-state index in [2.05, 4.69) is 25.1 Å². The highest BCUT2D eigenvalue weighted by molar-refractivity contribution is 7.92. The number of imidazole rings is 1. The van der Waals surface area contributed by atoms with Crippen LogP contribution in [0.25, 0.3) is 0 Å². The topological polar surface area (TPSA) is 182 Å². The van der Waals surface area contributed by atoms with Gasteiger partial charge in [-0.05, 0) is 60.6 Å². The molecule has 1 saturated heterocycles. The number of benzene rings is 1. The smallest absolute Gasteiger partial charge is 0.315 e. The zero-order chi connectivity index (χ0) is 35.8. The monoisotopic (exact) mass is 689 g/mol. The molecule has 14 heteroatoms. The SMILES string of the molecule is CC(C)c1cc(C(C)C)c(S(=O)(=O)C2(O)N=C(N)Nc3c2ncn3[C@@H]2O[C@H](C(=[Si])OC(C)(C)C)[C@](O)(C(C)(C)C)[C@H]2O)c(C(C)C)c1. The molecule has 12 nitrogen and oxygen atoms in total. The maximum Gasteiger partial charge on any atom is 0.315 e. The average Bonchev–Trinajstić information content (AvgIpc) is 3.45. The van der Waals surface area contributed by atoms with Gasteiger partial charge in [-0.1, -0.05) is 74.4 Å². The molecule has 0 spiro atoms. The first kappa shape index (κ1) is 37.2. The molecular formula is C33H51N5O7SSi. The minimum atomic E-state index is -4.73. The summed E-state index contributed by atoms with van der Waals surface area (Å²) in [5.74, 6) is -0.733. The van der Waals surface area contributed by atoms with Crippen LogP contribution in [0.4, 0.5) is 5.82 Å². The van der Waals surface area contributed by atoms with E-state index in [1.165, 1.54) is 10.9 Å². The lowest BCUT2D eigenvalue weighted by atomic mass is 9.70. The minimum absolute atomic E-state index is 0.0229. The summed E-state index contributed by atoms with van der Waals surface area (Å²) in [5, 5.41) is 36.1. The Balaban J connectivity index is 1.92. The van der Waals surface area contributed by atoms with Crippen molar-refractivity contribution in [2.45, 2.75) is 140 Å². The van der Waals surface area contributed by atoms with E-state index in [1.807, 2.05) is 74.4 Å². The van der Waals surface area contributed by atoms with Gasteiger partial charge in [-0.3, -0.25) is 4.57 Å². The predicted octanol–water partition coefficient (Wildman–Crippen LogP) is 3.72. The molecule has 0 amide bonds. The summed E-state index contributed by atoms with van der Waals surface area (Å²) >= 11 is 0. The van der Waals surface area contributed by atoms with Crippen molar-refractivity contribution in [1.29, 1.82) is 0 Å². The molecule has 2 radical (unpaired) electrons. The molecule has 2 aliphatic rings. The summed E-state index contributed by atoms with van der Waals surface area (Å²) in [6.45, 7) is 22.4. The number of hydrogen-bond acceptors (Lipinski definition) is 11. The lowest BCUT2D eigenvalue weighted by Crippen LogP contribution is -2.60. The highest BCUT2D eigenvalue weighted by Crippen LogP contribution is 2.51. The van der Waals surface area contributed by atoms with Crippen molar-refractivity contribution >= 4 is 36.8 Å². The molecule has 1 aromatic carbocycles. The number of fused-ring (bicyclic) bond motifs is 1. The van der Waals surface area contributed by atoms with Crippen LogP contribution in [0.3, 0.4) is 0 Å². The van der Waals surface area contributed by atoms with Crippen LogP contribution < -0.4 is 11.1 Å². The molecule has 5 atom stereocenters. The predicted molar refractivity (Wildman–Crippen MR) is 183 cm³/mol. The number of guanidine groups is 1. The average molecular weight is 690 g/mol. The molecule has 1 unspecified atom stereocenters. The van der Waals surface area contributed by atoms with Gasteiger partial charge in [0.15, 0.2) is 17.9 Å². The van der Waals surface area contributed by atoms with Gasteiger partial charge in [0.2, 0.25) is 9.84 Å². The van der Waals surface area contributed by atoms with Crippen molar-refractivity contribution in [2.24, 2.45) is 16.1 Å². The fourth-order valence-corrected chi connectivity index (χ4v) is 8.91. The van der Waals surface area contributed by atoms with Crippen molar-refractivity contribution in [2.75, 3.05) is 5.32 Å². The number of aliphatic hydroxyl groups excluding tert-OH is 1. The molecule has 0 saturated carbocycles. The largest absolute Gasteiger partial charge is 0.495 e. The fourth-order valence-electron chi connectivity index (χ4n) is 6.20. The highest BCUT2D eigenvalue weighted by atomic mass is 32.2. The maximum atomic E-state index is 14.8. The zero-order valence-electron chi connectivity index (χ0n) is 29.5. The van der Waals surface area contributed by atoms with Crippen LogP contribution in [-0.4, -0.2) is 77.9 Å². The van der Waals surface area contributed by atoms with Crippen molar-refractivity contribution in [1.82, 2.24) is 9.55 Å². The third-order valence-electron chi connectivity index (χ3n) is 8.87. The summed E-state index contributed by atoms with van der Waals surface area (Å²) < 4.78 is 43.2.